The third-order valence-electron chi connectivity index (χ3n) is 4.96. The van der Waals surface area contributed by atoms with E-state index in [9.17, 15) is 5.11 Å². The minimum absolute atomic E-state index is 0.151. The second kappa shape index (κ2) is 6.46. The van der Waals surface area contributed by atoms with Crippen LogP contribution in [0.15, 0.2) is 18.2 Å². The average molecular weight is 300 g/mol. The molecule has 2 N–H and O–H groups in total. The van der Waals surface area contributed by atoms with Crippen molar-refractivity contribution in [2.24, 2.45) is 0 Å². The molecule has 0 fully saturated rings. The molecule has 0 unspecified atom stereocenters. The van der Waals surface area contributed by atoms with E-state index in [-0.39, 0.29) is 6.61 Å². The van der Waals surface area contributed by atoms with Gasteiger partial charge in [0, 0.05) is 22.8 Å². The number of hydrogen-bond acceptors (Lipinski definition) is 2. The number of fused-ring (bicyclic) bond motifs is 1. The monoisotopic (exact) mass is 300 g/mol. The lowest BCUT2D eigenvalue weighted by Crippen LogP contribution is -2.48. The molecule has 0 amide bonds. The smallest absolute Gasteiger partial charge is 0.107 e. The number of aliphatic hydroxyl groups excluding tert-OH is 1. The topological polar surface area (TPSA) is 59.8 Å². The first-order valence-electron chi connectivity index (χ1n) is 7.81. The third-order valence-corrected chi connectivity index (χ3v) is 10.5. The lowest BCUT2D eigenvalue weighted by Gasteiger charge is -2.28. The normalized spacial score (nSPS) is 11.8. The van der Waals surface area contributed by atoms with Gasteiger partial charge in [0.25, 0.3) is 0 Å². The number of nitrogens with one attached hydrogen (secondary N) is 1. The van der Waals surface area contributed by atoms with Crippen LogP contribution in [0, 0.1) is 11.3 Å². The van der Waals surface area contributed by atoms with Crippen molar-refractivity contribution >= 4 is 24.3 Å². The molecule has 0 saturated carbocycles. The van der Waals surface area contributed by atoms with Crippen molar-refractivity contribution < 1.29 is 5.11 Å². The molecule has 2 aromatic rings. The van der Waals surface area contributed by atoms with Crippen LogP contribution in [0.3, 0.4) is 0 Å². The molecule has 2 rings (SSSR count). The largest absolute Gasteiger partial charge is 0.396 e. The summed E-state index contributed by atoms with van der Waals surface area (Å²) in [5.41, 5.74) is 3.02. The Labute approximate surface area is 127 Å². The summed E-state index contributed by atoms with van der Waals surface area (Å²) in [6, 6.07) is 11.6. The van der Waals surface area contributed by atoms with E-state index in [4.69, 9.17) is 5.26 Å². The molecule has 1 aromatic heterocycles. The molecule has 0 atom stereocenters. The Bertz CT molecular complexity index is 657. The molecule has 0 bridgehead atoms. The summed E-state index contributed by atoms with van der Waals surface area (Å²) < 4.78 is 0. The summed E-state index contributed by atoms with van der Waals surface area (Å²) in [6.45, 7) is 7.01. The average Bonchev–Trinajstić information content (AvgIpc) is 2.89. The van der Waals surface area contributed by atoms with E-state index >= 15 is 0 Å². The maximum absolute atomic E-state index is 9.47. The van der Waals surface area contributed by atoms with Crippen molar-refractivity contribution in [3.05, 3.63) is 29.3 Å². The first kappa shape index (κ1) is 15.8. The molecular weight excluding hydrogens is 276 g/mol. The van der Waals surface area contributed by atoms with Crippen LogP contribution in [0.1, 0.15) is 31.9 Å². The number of nitriles is 1. The summed E-state index contributed by atoms with van der Waals surface area (Å²) in [7, 11) is -1.54. The summed E-state index contributed by atoms with van der Waals surface area (Å²) in [6.07, 6.45) is 0.666. The van der Waals surface area contributed by atoms with Crippen molar-refractivity contribution in [1.29, 1.82) is 5.26 Å². The van der Waals surface area contributed by atoms with E-state index in [0.29, 0.717) is 12.0 Å². The first-order valence-corrected chi connectivity index (χ1v) is 10.4. The zero-order valence-corrected chi connectivity index (χ0v) is 14.2. The number of rotatable bonds is 6. The van der Waals surface area contributed by atoms with E-state index in [2.05, 4.69) is 31.8 Å². The van der Waals surface area contributed by atoms with Gasteiger partial charge in [-0.2, -0.15) is 5.26 Å². The van der Waals surface area contributed by atoms with Crippen LogP contribution in [-0.2, 0) is 6.42 Å². The van der Waals surface area contributed by atoms with Crippen LogP contribution in [0.25, 0.3) is 10.9 Å². The maximum Gasteiger partial charge on any atom is 0.107 e. The van der Waals surface area contributed by atoms with Crippen LogP contribution in [0.4, 0.5) is 0 Å². The molecule has 0 aliphatic carbocycles. The van der Waals surface area contributed by atoms with E-state index in [1.165, 1.54) is 29.0 Å². The predicted octanol–water partition coefficient (Wildman–Crippen LogP) is 3.29. The Hall–Kier alpha value is -1.57. The molecule has 3 nitrogen and oxygen atoms in total. The van der Waals surface area contributed by atoms with E-state index in [1.54, 1.807) is 0 Å². The minimum Gasteiger partial charge on any atom is -0.396 e. The highest BCUT2D eigenvalue weighted by atomic mass is 28.3. The Morgan fingerprint density at radius 1 is 1.19 bits per heavy atom. The second-order valence-corrected chi connectivity index (χ2v) is 10.8. The summed E-state index contributed by atoms with van der Waals surface area (Å²) in [5.74, 6) is 0. The molecule has 112 valence electrons. The molecule has 1 aromatic carbocycles. The van der Waals surface area contributed by atoms with Gasteiger partial charge >= 0.3 is 0 Å². The van der Waals surface area contributed by atoms with Gasteiger partial charge in [-0.1, -0.05) is 38.9 Å². The van der Waals surface area contributed by atoms with Crippen LogP contribution in [-0.4, -0.2) is 24.8 Å². The summed E-state index contributed by atoms with van der Waals surface area (Å²) >= 11 is 0. The van der Waals surface area contributed by atoms with E-state index in [0.717, 1.165) is 10.9 Å². The second-order valence-electron chi connectivity index (χ2n) is 5.67. The highest BCUT2D eigenvalue weighted by Gasteiger charge is 2.33. The minimum atomic E-state index is -1.54. The van der Waals surface area contributed by atoms with Gasteiger partial charge in [0.1, 0.15) is 8.07 Å². The maximum atomic E-state index is 9.47. The van der Waals surface area contributed by atoms with Gasteiger partial charge in [0.05, 0.1) is 11.6 Å². The van der Waals surface area contributed by atoms with Crippen molar-refractivity contribution in [2.75, 3.05) is 6.61 Å². The number of benzene rings is 1. The Morgan fingerprint density at radius 3 is 2.38 bits per heavy atom. The van der Waals surface area contributed by atoms with Gasteiger partial charge in [0.15, 0.2) is 0 Å². The van der Waals surface area contributed by atoms with Gasteiger partial charge in [-0.05, 0) is 30.2 Å². The zero-order valence-electron chi connectivity index (χ0n) is 13.2. The number of aliphatic hydroxyl groups is 1. The van der Waals surface area contributed by atoms with E-state index in [1.807, 2.05) is 18.2 Å². The van der Waals surface area contributed by atoms with Gasteiger partial charge < -0.3 is 10.1 Å². The van der Waals surface area contributed by atoms with Gasteiger partial charge in [-0.3, -0.25) is 0 Å². The van der Waals surface area contributed by atoms with Crippen molar-refractivity contribution in [3.63, 3.8) is 0 Å². The van der Waals surface area contributed by atoms with Gasteiger partial charge in [-0.25, -0.2) is 0 Å². The molecule has 21 heavy (non-hydrogen) atoms. The summed E-state index contributed by atoms with van der Waals surface area (Å²) in [5, 5.41) is 21.1. The van der Waals surface area contributed by atoms with Crippen molar-refractivity contribution in [2.45, 2.75) is 45.3 Å². The SMILES string of the molecule is CC[Si](CC)(CC)c1[nH]c2ccc(C#N)cc2c1CCO. The fourth-order valence-electron chi connectivity index (χ4n) is 3.42. The van der Waals surface area contributed by atoms with Gasteiger partial charge in [-0.15, -0.1) is 0 Å². The van der Waals surface area contributed by atoms with Gasteiger partial charge in [0.2, 0.25) is 0 Å². The highest BCUT2D eigenvalue weighted by Crippen LogP contribution is 2.27. The van der Waals surface area contributed by atoms with Crippen LogP contribution in [0.2, 0.25) is 18.1 Å². The molecule has 0 radical (unpaired) electrons. The lowest BCUT2D eigenvalue weighted by atomic mass is 10.1. The zero-order chi connectivity index (χ0) is 15.5. The van der Waals surface area contributed by atoms with Crippen molar-refractivity contribution in [3.8, 4) is 6.07 Å². The standard InChI is InChI=1S/C17H24N2OSi/c1-4-21(5-2,6-3)17-14(9-10-20)15-11-13(12-18)7-8-16(15)19-17/h7-8,11,19-20H,4-6,9-10H2,1-3H3. The fourth-order valence-corrected chi connectivity index (χ4v) is 7.28. The molecule has 0 spiro atoms. The fraction of sp³-hybridized carbons (Fsp3) is 0.471. The number of H-pyrrole nitrogens is 1. The number of aromatic amines is 1. The number of aromatic nitrogens is 1. The number of nitrogens with zero attached hydrogens (tertiary/aromatic N) is 1. The summed E-state index contributed by atoms with van der Waals surface area (Å²) in [4.78, 5) is 3.64. The molecule has 1 heterocycles. The molecule has 0 aliphatic rings. The Kier molecular flexibility index (Phi) is 4.87. The van der Waals surface area contributed by atoms with Crippen LogP contribution < -0.4 is 5.32 Å². The molecular formula is C17H24N2OSi. The molecule has 4 heteroatoms. The molecule has 0 saturated heterocycles. The Balaban J connectivity index is 2.73. The van der Waals surface area contributed by atoms with Crippen molar-refractivity contribution in [1.82, 2.24) is 4.98 Å². The number of hydrogen-bond donors (Lipinski definition) is 2. The first-order chi connectivity index (χ1) is 10.2. The molecule has 0 aliphatic heterocycles. The quantitative estimate of drug-likeness (QED) is 0.804. The highest BCUT2D eigenvalue weighted by molar-refractivity contribution is 6.91. The third kappa shape index (κ3) is 2.64. The predicted molar refractivity (Wildman–Crippen MR) is 90.6 cm³/mol. The van der Waals surface area contributed by atoms with E-state index < -0.39 is 8.07 Å². The lowest BCUT2D eigenvalue weighted by molar-refractivity contribution is 0.300. The van der Waals surface area contributed by atoms with Crippen LogP contribution >= 0.6 is 0 Å². The Morgan fingerprint density at radius 2 is 1.86 bits per heavy atom. The van der Waals surface area contributed by atoms with Crippen LogP contribution in [0.5, 0.6) is 0 Å².